The fourth-order valence-electron chi connectivity index (χ4n) is 5.30. The van der Waals surface area contributed by atoms with Gasteiger partial charge in [-0.15, -0.1) is 0 Å². The third-order valence-corrected chi connectivity index (χ3v) is 7.23. The van der Waals surface area contributed by atoms with Crippen LogP contribution in [0.2, 0.25) is 0 Å². The maximum Gasteiger partial charge on any atom is 0.123 e. The highest BCUT2D eigenvalue weighted by Crippen LogP contribution is 2.31. The summed E-state index contributed by atoms with van der Waals surface area (Å²) in [7, 11) is 1.79. The van der Waals surface area contributed by atoms with Gasteiger partial charge in [-0.1, -0.05) is 12.1 Å². The number of anilines is 2. The lowest BCUT2D eigenvalue weighted by atomic mass is 9.93. The van der Waals surface area contributed by atoms with Crippen LogP contribution in [0.3, 0.4) is 0 Å². The highest BCUT2D eigenvalue weighted by Gasteiger charge is 2.21. The van der Waals surface area contributed by atoms with Crippen molar-refractivity contribution in [1.82, 2.24) is 14.5 Å². The number of nitrogens with zero attached hydrogens (tertiary/aromatic N) is 4. The Balaban J connectivity index is 1.57. The summed E-state index contributed by atoms with van der Waals surface area (Å²) in [6.45, 7) is 2.03. The van der Waals surface area contributed by atoms with Crippen molar-refractivity contribution in [2.45, 2.75) is 44.8 Å². The summed E-state index contributed by atoms with van der Waals surface area (Å²) in [6.07, 6.45) is 7.94. The van der Waals surface area contributed by atoms with E-state index in [1.165, 1.54) is 12.1 Å². The lowest BCUT2D eigenvalue weighted by Crippen LogP contribution is -2.25. The lowest BCUT2D eigenvalue weighted by Gasteiger charge is -2.25. The van der Waals surface area contributed by atoms with E-state index in [1.54, 1.807) is 19.2 Å². The second-order valence-electron chi connectivity index (χ2n) is 9.94. The number of ether oxygens (including phenoxy) is 1. The lowest BCUT2D eigenvalue weighted by molar-refractivity contribution is 0.0663. The zero-order valence-corrected chi connectivity index (χ0v) is 21.6. The molecule has 192 valence electrons. The van der Waals surface area contributed by atoms with E-state index in [4.69, 9.17) is 14.7 Å². The van der Waals surface area contributed by atoms with E-state index in [-0.39, 0.29) is 11.9 Å². The van der Waals surface area contributed by atoms with Gasteiger partial charge in [-0.05, 0) is 92.8 Å². The van der Waals surface area contributed by atoms with Gasteiger partial charge < -0.3 is 14.6 Å². The molecule has 1 N–H and O–H groups in total. The van der Waals surface area contributed by atoms with Crippen molar-refractivity contribution in [1.29, 1.82) is 0 Å². The predicted molar refractivity (Wildman–Crippen MR) is 149 cm³/mol. The van der Waals surface area contributed by atoms with Crippen molar-refractivity contribution in [3.05, 3.63) is 95.9 Å². The summed E-state index contributed by atoms with van der Waals surface area (Å²) < 4.78 is 21.5. The molecule has 1 aliphatic heterocycles. The molecule has 2 aliphatic carbocycles. The van der Waals surface area contributed by atoms with Gasteiger partial charge in [-0.2, -0.15) is 0 Å². The number of pyridine rings is 1. The summed E-state index contributed by atoms with van der Waals surface area (Å²) in [4.78, 5) is 14.6. The highest BCUT2D eigenvalue weighted by molar-refractivity contribution is 5.84. The van der Waals surface area contributed by atoms with E-state index in [0.29, 0.717) is 6.10 Å². The van der Waals surface area contributed by atoms with Gasteiger partial charge in [0.1, 0.15) is 5.82 Å². The number of nitrogens with one attached hydrogen (secondary N) is 1. The molecule has 1 aromatic heterocycles. The van der Waals surface area contributed by atoms with E-state index >= 15 is 0 Å². The molecule has 2 aromatic carbocycles. The van der Waals surface area contributed by atoms with Crippen LogP contribution in [0, 0.1) is 12.7 Å². The molecule has 3 aliphatic rings. The second-order valence-corrected chi connectivity index (χ2v) is 9.94. The molecule has 0 saturated heterocycles. The van der Waals surface area contributed by atoms with E-state index in [0.717, 1.165) is 76.1 Å². The fraction of sp³-hybridized carbons (Fsp3) is 0.258. The second kappa shape index (κ2) is 10.3. The molecule has 0 bridgehead atoms. The van der Waals surface area contributed by atoms with Crippen LogP contribution >= 0.6 is 0 Å². The number of hydrogen-bond acceptors (Lipinski definition) is 5. The third-order valence-electron chi connectivity index (χ3n) is 7.23. The minimum absolute atomic E-state index is 0.211. The number of aromatic nitrogens is 3. The summed E-state index contributed by atoms with van der Waals surface area (Å²) in [5.41, 5.74) is 7.25. The normalized spacial score (nSPS) is 18.2. The van der Waals surface area contributed by atoms with Crippen LogP contribution in [-0.4, -0.2) is 33.8 Å². The molecule has 0 unspecified atom stereocenters. The molecular formula is C31H30FN5O. The van der Waals surface area contributed by atoms with Crippen LogP contribution in [0.1, 0.15) is 31.2 Å². The van der Waals surface area contributed by atoms with Gasteiger partial charge in [0.25, 0.3) is 0 Å². The van der Waals surface area contributed by atoms with Gasteiger partial charge >= 0.3 is 0 Å². The number of halogens is 1. The minimum Gasteiger partial charge on any atom is -0.381 e. The zero-order chi connectivity index (χ0) is 26.1. The molecular weight excluding hydrogens is 477 g/mol. The van der Waals surface area contributed by atoms with Crippen LogP contribution in [0.4, 0.5) is 15.8 Å². The summed E-state index contributed by atoms with van der Waals surface area (Å²) >= 11 is 0. The van der Waals surface area contributed by atoms with E-state index in [9.17, 15) is 4.39 Å². The number of rotatable bonds is 5. The molecule has 0 atom stereocenters. The molecule has 0 amide bonds. The predicted octanol–water partition coefficient (Wildman–Crippen LogP) is 6.57. The highest BCUT2D eigenvalue weighted by atomic mass is 19.1. The Labute approximate surface area is 221 Å². The van der Waals surface area contributed by atoms with Crippen molar-refractivity contribution in [3.8, 4) is 17.1 Å². The maximum absolute atomic E-state index is 13.8. The van der Waals surface area contributed by atoms with Gasteiger partial charge in [-0.3, -0.25) is 9.98 Å². The Morgan fingerprint density at radius 3 is 2.53 bits per heavy atom. The van der Waals surface area contributed by atoms with Crippen LogP contribution in [0.25, 0.3) is 28.1 Å². The number of benzene rings is 3. The van der Waals surface area contributed by atoms with Crippen LogP contribution in [0.5, 0.6) is 0 Å². The van der Waals surface area contributed by atoms with E-state index < -0.39 is 0 Å². The SMILES string of the molecule is COC1CCC(/N=c2\cc3n(-c4ccc(F)cc4)c4ccccc4nc-3cc2Nc2cncc(C)c2)CC1. The molecule has 2 heterocycles. The fourth-order valence-corrected chi connectivity index (χ4v) is 5.30. The van der Waals surface area contributed by atoms with Crippen LogP contribution in [0.15, 0.2) is 84.1 Å². The maximum atomic E-state index is 13.8. The average Bonchev–Trinajstić information content (AvgIpc) is 2.93. The molecule has 3 aromatic rings. The molecule has 1 saturated carbocycles. The summed E-state index contributed by atoms with van der Waals surface area (Å²) in [6, 6.07) is 21.0. The summed E-state index contributed by atoms with van der Waals surface area (Å²) in [5, 5.41) is 4.42. The smallest absolute Gasteiger partial charge is 0.123 e. The van der Waals surface area contributed by atoms with Gasteiger partial charge in [0.15, 0.2) is 0 Å². The first kappa shape index (κ1) is 24.2. The first-order chi connectivity index (χ1) is 18.6. The first-order valence-electron chi connectivity index (χ1n) is 13.0. The molecule has 6 nitrogen and oxygen atoms in total. The van der Waals surface area contributed by atoms with Crippen molar-refractivity contribution in [2.24, 2.45) is 4.99 Å². The quantitative estimate of drug-likeness (QED) is 0.273. The largest absolute Gasteiger partial charge is 0.381 e. The number of para-hydroxylation sites is 2. The van der Waals surface area contributed by atoms with E-state index in [1.807, 2.05) is 43.6 Å². The summed E-state index contributed by atoms with van der Waals surface area (Å²) in [5.74, 6) is -0.266. The van der Waals surface area contributed by atoms with E-state index in [2.05, 4.69) is 33.1 Å². The van der Waals surface area contributed by atoms with Crippen molar-refractivity contribution < 1.29 is 9.13 Å². The minimum atomic E-state index is -0.266. The van der Waals surface area contributed by atoms with Crippen molar-refractivity contribution >= 4 is 22.4 Å². The number of fused-ring (bicyclic) bond motifs is 2. The number of hydrogen-bond donors (Lipinski definition) is 1. The van der Waals surface area contributed by atoms with Gasteiger partial charge in [-0.25, -0.2) is 9.37 Å². The average molecular weight is 508 g/mol. The van der Waals surface area contributed by atoms with Crippen molar-refractivity contribution in [2.75, 3.05) is 12.4 Å². The zero-order valence-electron chi connectivity index (χ0n) is 21.6. The number of methoxy groups -OCH3 is 1. The molecule has 38 heavy (non-hydrogen) atoms. The third kappa shape index (κ3) is 4.89. The Kier molecular flexibility index (Phi) is 6.60. The van der Waals surface area contributed by atoms with Gasteiger partial charge in [0.05, 0.1) is 57.5 Å². The first-order valence-corrected chi connectivity index (χ1v) is 13.0. The van der Waals surface area contributed by atoms with Crippen LogP contribution < -0.4 is 10.7 Å². The topological polar surface area (TPSA) is 64.3 Å². The van der Waals surface area contributed by atoms with Gasteiger partial charge in [0.2, 0.25) is 0 Å². The molecule has 0 radical (unpaired) electrons. The molecule has 7 heteroatoms. The number of aryl methyl sites for hydroxylation is 1. The van der Waals surface area contributed by atoms with Crippen molar-refractivity contribution in [3.63, 3.8) is 0 Å². The Morgan fingerprint density at radius 2 is 1.76 bits per heavy atom. The monoisotopic (exact) mass is 507 g/mol. The standard InChI is InChI=1S/C31H30FN5O/c1-20-15-23(19-33-18-20)35-27-16-29-31(17-28(27)34-22-9-13-25(38-2)14-10-22)37(24-11-7-21(32)8-12-24)30-6-4-3-5-26(30)36-29/h3-8,11-12,15-19,22,25,35H,9-10,13-14H2,1-2H3/b34-28+. The molecule has 1 fully saturated rings. The Bertz CT molecular complexity index is 1620. The molecule has 0 spiro atoms. The van der Waals surface area contributed by atoms with Crippen LogP contribution in [-0.2, 0) is 4.74 Å². The van der Waals surface area contributed by atoms with Gasteiger partial charge in [0, 0.05) is 19.0 Å². The molecule has 6 rings (SSSR count). The Hall–Kier alpha value is -4.10. The Morgan fingerprint density at radius 1 is 0.974 bits per heavy atom.